The van der Waals surface area contributed by atoms with E-state index in [0.717, 1.165) is 6.07 Å². The van der Waals surface area contributed by atoms with Crippen LogP contribution in [0.4, 0.5) is 4.39 Å². The Balaban J connectivity index is 3.49. The van der Waals surface area contributed by atoms with Crippen LogP contribution in [0.15, 0.2) is 29.7 Å². The number of hydrogen-bond acceptors (Lipinski definition) is 3. The molecule has 1 rings (SSSR count). The molecule has 0 atom stereocenters. The van der Waals surface area contributed by atoms with Crippen molar-refractivity contribution in [1.82, 2.24) is 4.31 Å². The average Bonchev–Trinajstić information content (AvgIpc) is 2.37. The predicted molar refractivity (Wildman–Crippen MR) is 81.2 cm³/mol. The maximum atomic E-state index is 13.8. The van der Waals surface area contributed by atoms with Crippen molar-refractivity contribution >= 4 is 21.6 Å². The van der Waals surface area contributed by atoms with Gasteiger partial charge in [-0.05, 0) is 32.9 Å². The molecule has 0 unspecified atom stereocenters. The molecule has 7 heteroatoms. The Bertz CT molecular complexity index is 638. The topological polar surface area (TPSA) is 57.6 Å². The van der Waals surface area contributed by atoms with Crippen LogP contribution in [0.25, 0.3) is 0 Å². The summed E-state index contributed by atoms with van der Waals surface area (Å²) in [7, 11) is -3.94. The highest BCUT2D eigenvalue weighted by Gasteiger charge is 2.33. The molecule has 118 valence electrons. The Morgan fingerprint density at radius 1 is 1.43 bits per heavy atom. The highest BCUT2D eigenvalue weighted by molar-refractivity contribution is 7.89. The molecule has 0 bridgehead atoms. The van der Waals surface area contributed by atoms with E-state index in [2.05, 4.69) is 6.58 Å². The summed E-state index contributed by atoms with van der Waals surface area (Å²) in [4.78, 5) is -0.245. The third kappa shape index (κ3) is 3.83. The van der Waals surface area contributed by atoms with E-state index in [1.54, 1.807) is 20.8 Å². The summed E-state index contributed by atoms with van der Waals surface area (Å²) in [6.07, 6.45) is 1.46. The van der Waals surface area contributed by atoms with E-state index in [-0.39, 0.29) is 22.0 Å². The smallest absolute Gasteiger partial charge is 0.243 e. The summed E-state index contributed by atoms with van der Waals surface area (Å²) in [6, 6.07) is 2.04. The third-order valence-electron chi connectivity index (χ3n) is 2.88. The quantitative estimate of drug-likeness (QED) is 0.842. The molecule has 0 aliphatic heterocycles. The van der Waals surface area contributed by atoms with Gasteiger partial charge in [-0.1, -0.05) is 17.7 Å². The van der Waals surface area contributed by atoms with E-state index in [9.17, 15) is 12.8 Å². The molecule has 1 aromatic rings. The Labute approximate surface area is 129 Å². The zero-order valence-electron chi connectivity index (χ0n) is 12.2. The van der Waals surface area contributed by atoms with Crippen molar-refractivity contribution in [2.24, 2.45) is 0 Å². The Hall–Kier alpha value is -0.950. The summed E-state index contributed by atoms with van der Waals surface area (Å²) in [5, 5.41) is 8.88. The van der Waals surface area contributed by atoms with Gasteiger partial charge in [0.2, 0.25) is 10.0 Å². The van der Waals surface area contributed by atoms with Gasteiger partial charge in [0.05, 0.1) is 16.5 Å². The van der Waals surface area contributed by atoms with Crippen LogP contribution in [0.1, 0.15) is 26.3 Å². The molecule has 0 aliphatic carbocycles. The van der Waals surface area contributed by atoms with Gasteiger partial charge >= 0.3 is 0 Å². The van der Waals surface area contributed by atoms with Crippen LogP contribution >= 0.6 is 11.6 Å². The number of aliphatic hydroxyl groups excluding tert-OH is 1. The molecule has 1 aromatic carbocycles. The second kappa shape index (κ2) is 6.44. The van der Waals surface area contributed by atoms with Gasteiger partial charge in [0.25, 0.3) is 0 Å². The predicted octanol–water partition coefficient (Wildman–Crippen LogP) is 2.95. The first-order valence-corrected chi connectivity index (χ1v) is 8.10. The average molecular weight is 336 g/mol. The lowest BCUT2D eigenvalue weighted by Crippen LogP contribution is -2.45. The van der Waals surface area contributed by atoms with Crippen LogP contribution in [-0.2, 0) is 16.6 Å². The lowest BCUT2D eigenvalue weighted by Gasteiger charge is -2.33. The summed E-state index contributed by atoms with van der Waals surface area (Å²) >= 11 is 5.69. The Morgan fingerprint density at radius 3 is 2.43 bits per heavy atom. The fourth-order valence-corrected chi connectivity index (χ4v) is 3.85. The van der Waals surface area contributed by atoms with E-state index in [4.69, 9.17) is 16.7 Å². The number of benzene rings is 1. The number of sulfonamides is 1. The standard InChI is InChI=1S/C14H19ClFNO3S/c1-5-6-17(14(2,3)4)21(19,20)11-7-10(9-18)13(15)12(16)8-11/h5,7-8,18H,1,6,9H2,2-4H3. The number of halogens is 2. The first-order chi connectivity index (χ1) is 9.55. The first-order valence-electron chi connectivity index (χ1n) is 6.28. The highest BCUT2D eigenvalue weighted by Crippen LogP contribution is 2.29. The molecule has 0 saturated heterocycles. The van der Waals surface area contributed by atoms with Gasteiger partial charge in [-0.25, -0.2) is 12.8 Å². The molecule has 21 heavy (non-hydrogen) atoms. The molecular formula is C14H19ClFNO3S. The van der Waals surface area contributed by atoms with Crippen molar-refractivity contribution in [3.05, 3.63) is 41.2 Å². The molecule has 0 radical (unpaired) electrons. The van der Waals surface area contributed by atoms with Gasteiger partial charge in [-0.3, -0.25) is 0 Å². The largest absolute Gasteiger partial charge is 0.392 e. The number of aliphatic hydroxyl groups is 1. The molecule has 0 heterocycles. The molecule has 0 saturated carbocycles. The molecule has 0 aliphatic rings. The minimum Gasteiger partial charge on any atom is -0.392 e. The van der Waals surface area contributed by atoms with Crippen LogP contribution < -0.4 is 0 Å². The summed E-state index contributed by atoms with van der Waals surface area (Å²) < 4.78 is 40.3. The normalized spacial score (nSPS) is 12.7. The van der Waals surface area contributed by atoms with Crippen molar-refractivity contribution in [1.29, 1.82) is 0 Å². The van der Waals surface area contributed by atoms with Gasteiger partial charge in [0, 0.05) is 17.6 Å². The van der Waals surface area contributed by atoms with E-state index in [1.165, 1.54) is 16.4 Å². The molecule has 0 amide bonds. The fraction of sp³-hybridized carbons (Fsp3) is 0.429. The van der Waals surface area contributed by atoms with Crippen LogP contribution in [0.2, 0.25) is 5.02 Å². The Kier molecular flexibility index (Phi) is 5.55. The third-order valence-corrected chi connectivity index (χ3v) is 5.41. The molecule has 0 aromatic heterocycles. The van der Waals surface area contributed by atoms with Crippen molar-refractivity contribution < 1.29 is 17.9 Å². The number of rotatable bonds is 5. The zero-order chi connectivity index (χ0) is 16.4. The van der Waals surface area contributed by atoms with Crippen molar-refractivity contribution in [2.75, 3.05) is 6.54 Å². The lowest BCUT2D eigenvalue weighted by atomic mass is 10.1. The van der Waals surface area contributed by atoms with Crippen LogP contribution in [0, 0.1) is 5.82 Å². The van der Waals surface area contributed by atoms with E-state index < -0.39 is 28.0 Å². The number of hydrogen-bond donors (Lipinski definition) is 1. The zero-order valence-corrected chi connectivity index (χ0v) is 13.8. The Morgan fingerprint density at radius 2 is 2.00 bits per heavy atom. The monoisotopic (exact) mass is 335 g/mol. The second-order valence-corrected chi connectivity index (χ2v) is 7.77. The van der Waals surface area contributed by atoms with Crippen LogP contribution in [0.3, 0.4) is 0 Å². The van der Waals surface area contributed by atoms with Crippen LogP contribution in [-0.4, -0.2) is 29.9 Å². The van der Waals surface area contributed by atoms with Crippen molar-refractivity contribution in [3.63, 3.8) is 0 Å². The van der Waals surface area contributed by atoms with E-state index in [1.807, 2.05) is 0 Å². The minimum atomic E-state index is -3.94. The van der Waals surface area contributed by atoms with Gasteiger partial charge < -0.3 is 5.11 Å². The van der Waals surface area contributed by atoms with Crippen LogP contribution in [0.5, 0.6) is 0 Å². The maximum Gasteiger partial charge on any atom is 0.243 e. The fourth-order valence-electron chi connectivity index (χ4n) is 1.86. The molecule has 0 spiro atoms. The lowest BCUT2D eigenvalue weighted by molar-refractivity contribution is 0.269. The van der Waals surface area contributed by atoms with Crippen molar-refractivity contribution in [2.45, 2.75) is 37.8 Å². The van der Waals surface area contributed by atoms with Gasteiger partial charge in [0.15, 0.2) is 0 Å². The summed E-state index contributed by atoms with van der Waals surface area (Å²) in [5.74, 6) is -0.880. The summed E-state index contributed by atoms with van der Waals surface area (Å²) in [6.45, 7) is 8.28. The van der Waals surface area contributed by atoms with E-state index >= 15 is 0 Å². The molecule has 1 N–H and O–H groups in total. The maximum absolute atomic E-state index is 13.8. The number of nitrogens with zero attached hydrogens (tertiary/aromatic N) is 1. The van der Waals surface area contributed by atoms with Gasteiger partial charge in [0.1, 0.15) is 5.82 Å². The minimum absolute atomic E-state index is 0.0303. The molecule has 4 nitrogen and oxygen atoms in total. The van der Waals surface area contributed by atoms with E-state index in [0.29, 0.717) is 0 Å². The van der Waals surface area contributed by atoms with Gasteiger partial charge in [-0.15, -0.1) is 6.58 Å². The molecular weight excluding hydrogens is 317 g/mol. The second-order valence-electron chi connectivity index (χ2n) is 5.53. The first kappa shape index (κ1) is 18.1. The molecule has 0 fully saturated rings. The SMILES string of the molecule is C=CCN(C(C)(C)C)S(=O)(=O)c1cc(F)c(Cl)c(CO)c1. The van der Waals surface area contributed by atoms with Crippen molar-refractivity contribution in [3.8, 4) is 0 Å². The highest BCUT2D eigenvalue weighted by atomic mass is 35.5. The summed E-state index contributed by atoms with van der Waals surface area (Å²) in [5.41, 5.74) is -0.676. The van der Waals surface area contributed by atoms with Gasteiger partial charge in [-0.2, -0.15) is 4.31 Å².